The van der Waals surface area contributed by atoms with Gasteiger partial charge in [-0.2, -0.15) is 0 Å². The Hall–Kier alpha value is -2.11. The summed E-state index contributed by atoms with van der Waals surface area (Å²) in [5.74, 6) is 0.710. The number of hydrogen-bond acceptors (Lipinski definition) is 4. The average molecular weight is 316 g/mol. The molecule has 6 heteroatoms. The molecule has 2 N–H and O–H groups in total. The van der Waals surface area contributed by atoms with Gasteiger partial charge in [0.1, 0.15) is 5.82 Å². The third-order valence-electron chi connectivity index (χ3n) is 5.27. The Morgan fingerprint density at radius 2 is 2.04 bits per heavy atom. The lowest BCUT2D eigenvalue weighted by molar-refractivity contribution is -0.138. The summed E-state index contributed by atoms with van der Waals surface area (Å²) < 4.78 is 0. The second-order valence-corrected chi connectivity index (χ2v) is 6.67. The number of aromatic nitrogens is 1. The summed E-state index contributed by atoms with van der Waals surface area (Å²) in [4.78, 5) is 32.3. The molecule has 0 aliphatic carbocycles. The van der Waals surface area contributed by atoms with Crippen LogP contribution in [-0.2, 0) is 4.79 Å². The van der Waals surface area contributed by atoms with Gasteiger partial charge in [0.25, 0.3) is 5.91 Å². The molecule has 0 bridgehead atoms. The van der Waals surface area contributed by atoms with Gasteiger partial charge in [0, 0.05) is 38.8 Å². The van der Waals surface area contributed by atoms with Gasteiger partial charge in [-0.3, -0.25) is 9.59 Å². The maximum atomic E-state index is 12.5. The van der Waals surface area contributed by atoms with Crippen LogP contribution < -0.4 is 5.73 Å². The van der Waals surface area contributed by atoms with E-state index in [-0.39, 0.29) is 17.2 Å². The van der Waals surface area contributed by atoms with Gasteiger partial charge < -0.3 is 15.5 Å². The first-order valence-electron chi connectivity index (χ1n) is 8.32. The molecule has 3 rings (SSSR count). The van der Waals surface area contributed by atoms with Crippen molar-refractivity contribution in [2.75, 3.05) is 31.9 Å². The van der Waals surface area contributed by atoms with E-state index in [9.17, 15) is 9.59 Å². The van der Waals surface area contributed by atoms with E-state index in [1.807, 2.05) is 16.7 Å². The monoisotopic (exact) mass is 316 g/mol. The van der Waals surface area contributed by atoms with E-state index in [4.69, 9.17) is 5.73 Å². The summed E-state index contributed by atoms with van der Waals surface area (Å²) in [6.07, 6.45) is 5.06. The number of nitrogens with zero attached hydrogens (tertiary/aromatic N) is 3. The Morgan fingerprint density at radius 3 is 2.65 bits per heavy atom. The molecule has 2 aliphatic heterocycles. The second-order valence-electron chi connectivity index (χ2n) is 6.67. The summed E-state index contributed by atoms with van der Waals surface area (Å²) in [7, 11) is 0. The zero-order valence-corrected chi connectivity index (χ0v) is 13.6. The highest BCUT2D eigenvalue weighted by Gasteiger charge is 2.41. The van der Waals surface area contributed by atoms with Crippen LogP contribution in [0.2, 0.25) is 0 Å². The van der Waals surface area contributed by atoms with Crippen LogP contribution in [0.1, 0.15) is 43.0 Å². The van der Waals surface area contributed by atoms with E-state index in [1.165, 1.54) is 0 Å². The van der Waals surface area contributed by atoms with Gasteiger partial charge >= 0.3 is 0 Å². The Morgan fingerprint density at radius 1 is 1.30 bits per heavy atom. The Bertz CT molecular complexity index is 591. The van der Waals surface area contributed by atoms with E-state index in [0.29, 0.717) is 17.8 Å². The fourth-order valence-electron chi connectivity index (χ4n) is 3.70. The lowest BCUT2D eigenvalue weighted by atomic mass is 9.72. The summed E-state index contributed by atoms with van der Waals surface area (Å²) in [5, 5.41) is 0. The predicted octanol–water partition coefficient (Wildman–Crippen LogP) is 1.53. The molecule has 0 aromatic carbocycles. The van der Waals surface area contributed by atoms with Crippen LogP contribution in [0.4, 0.5) is 5.82 Å². The first-order chi connectivity index (χ1) is 11.0. The third-order valence-corrected chi connectivity index (χ3v) is 5.27. The number of rotatable bonds is 2. The molecule has 2 aliphatic rings. The molecule has 1 aromatic heterocycles. The van der Waals surface area contributed by atoms with E-state index in [0.717, 1.165) is 45.4 Å². The van der Waals surface area contributed by atoms with Crippen LogP contribution in [0, 0.1) is 5.41 Å². The van der Waals surface area contributed by atoms with Crippen molar-refractivity contribution in [2.24, 2.45) is 5.41 Å². The lowest BCUT2D eigenvalue weighted by Gasteiger charge is -2.47. The average Bonchev–Trinajstić information content (AvgIpc) is 2.58. The van der Waals surface area contributed by atoms with Crippen LogP contribution in [-0.4, -0.2) is 52.8 Å². The van der Waals surface area contributed by atoms with E-state index in [2.05, 4.69) is 4.98 Å². The molecule has 0 atom stereocenters. The number of carbonyl (C=O) groups is 2. The number of anilines is 1. The normalized spacial score (nSPS) is 20.8. The van der Waals surface area contributed by atoms with Gasteiger partial charge in [-0.25, -0.2) is 4.98 Å². The molecule has 6 nitrogen and oxygen atoms in total. The minimum Gasteiger partial charge on any atom is -0.384 e. The van der Waals surface area contributed by atoms with Crippen molar-refractivity contribution in [1.82, 2.24) is 14.8 Å². The number of likely N-dealkylation sites (tertiary alicyclic amines) is 2. The molecule has 2 fully saturated rings. The quantitative estimate of drug-likeness (QED) is 0.897. The summed E-state index contributed by atoms with van der Waals surface area (Å²) in [5.41, 5.74) is 6.35. The predicted molar refractivity (Wildman–Crippen MR) is 87.7 cm³/mol. The smallest absolute Gasteiger partial charge is 0.255 e. The van der Waals surface area contributed by atoms with Crippen molar-refractivity contribution in [1.29, 1.82) is 0 Å². The van der Waals surface area contributed by atoms with Gasteiger partial charge in [-0.1, -0.05) is 0 Å². The highest BCUT2D eigenvalue weighted by molar-refractivity contribution is 5.94. The standard InChI is InChI=1S/C17H24N4O2/c1-2-20-12-17(6-5-15(20)22)7-9-21(10-8-17)16(23)13-3-4-14(18)19-11-13/h3-4,11H,2,5-10,12H2,1H3,(H2,18,19). The van der Waals surface area contributed by atoms with E-state index in [1.54, 1.807) is 18.3 Å². The number of piperidine rings is 2. The molecule has 3 heterocycles. The zero-order valence-electron chi connectivity index (χ0n) is 13.6. The first kappa shape index (κ1) is 15.8. The van der Waals surface area contributed by atoms with Crippen LogP contribution >= 0.6 is 0 Å². The van der Waals surface area contributed by atoms with Gasteiger partial charge in [0.05, 0.1) is 5.56 Å². The highest BCUT2D eigenvalue weighted by atomic mass is 16.2. The number of hydrogen-bond donors (Lipinski definition) is 1. The van der Waals surface area contributed by atoms with Crippen molar-refractivity contribution in [3.8, 4) is 0 Å². The molecule has 0 saturated carbocycles. The van der Waals surface area contributed by atoms with Crippen molar-refractivity contribution >= 4 is 17.6 Å². The fourth-order valence-corrected chi connectivity index (χ4v) is 3.70. The summed E-state index contributed by atoms with van der Waals surface area (Å²) >= 11 is 0. The van der Waals surface area contributed by atoms with Crippen LogP contribution in [0.5, 0.6) is 0 Å². The summed E-state index contributed by atoms with van der Waals surface area (Å²) in [6.45, 7) is 5.14. The second kappa shape index (κ2) is 6.18. The molecule has 2 saturated heterocycles. The van der Waals surface area contributed by atoms with Crippen LogP contribution in [0.3, 0.4) is 0 Å². The maximum absolute atomic E-state index is 12.5. The van der Waals surface area contributed by atoms with Gasteiger partial charge in [0.2, 0.25) is 5.91 Å². The zero-order chi connectivity index (χ0) is 16.4. The van der Waals surface area contributed by atoms with Gasteiger partial charge in [0.15, 0.2) is 0 Å². The lowest BCUT2D eigenvalue weighted by Crippen LogP contribution is -2.52. The number of nitrogen functional groups attached to an aromatic ring is 1. The van der Waals surface area contributed by atoms with Gasteiger partial charge in [-0.15, -0.1) is 0 Å². The van der Waals surface area contributed by atoms with Crippen molar-refractivity contribution < 1.29 is 9.59 Å². The molecule has 0 unspecified atom stereocenters. The molecule has 1 spiro atoms. The van der Waals surface area contributed by atoms with Crippen LogP contribution in [0.25, 0.3) is 0 Å². The molecule has 0 radical (unpaired) electrons. The van der Waals surface area contributed by atoms with E-state index >= 15 is 0 Å². The van der Waals surface area contributed by atoms with Crippen LogP contribution in [0.15, 0.2) is 18.3 Å². The molecule has 124 valence electrons. The largest absolute Gasteiger partial charge is 0.384 e. The highest BCUT2D eigenvalue weighted by Crippen LogP contribution is 2.40. The fraction of sp³-hybridized carbons (Fsp3) is 0.588. The Kier molecular flexibility index (Phi) is 4.24. The first-order valence-corrected chi connectivity index (χ1v) is 8.32. The number of pyridine rings is 1. The Balaban J connectivity index is 1.63. The molecular weight excluding hydrogens is 292 g/mol. The molecule has 23 heavy (non-hydrogen) atoms. The summed E-state index contributed by atoms with van der Waals surface area (Å²) in [6, 6.07) is 3.39. The number of amides is 2. The number of carbonyl (C=O) groups excluding carboxylic acids is 2. The molecule has 2 amide bonds. The van der Waals surface area contributed by atoms with Gasteiger partial charge in [-0.05, 0) is 43.7 Å². The number of nitrogens with two attached hydrogens (primary N) is 1. The van der Waals surface area contributed by atoms with Crippen molar-refractivity contribution in [3.05, 3.63) is 23.9 Å². The topological polar surface area (TPSA) is 79.5 Å². The van der Waals surface area contributed by atoms with Crippen molar-refractivity contribution in [2.45, 2.75) is 32.6 Å². The van der Waals surface area contributed by atoms with Crippen molar-refractivity contribution in [3.63, 3.8) is 0 Å². The minimum absolute atomic E-state index is 0.0200. The molecular formula is C17H24N4O2. The third kappa shape index (κ3) is 3.16. The van der Waals surface area contributed by atoms with E-state index < -0.39 is 0 Å². The maximum Gasteiger partial charge on any atom is 0.255 e. The SMILES string of the molecule is CCN1CC2(CCC1=O)CCN(C(=O)c1ccc(N)nc1)CC2. The minimum atomic E-state index is 0.0200. The molecule has 1 aromatic rings. The Labute approximate surface area is 136 Å².